The maximum Gasteiger partial charge on any atom is 0.412 e. The van der Waals surface area contributed by atoms with Crippen molar-refractivity contribution in [3.63, 3.8) is 0 Å². The number of benzene rings is 1. The van der Waals surface area contributed by atoms with Crippen LogP contribution in [0.2, 0.25) is 0 Å². The second-order valence-corrected chi connectivity index (χ2v) is 9.77. The molecule has 178 valence electrons. The van der Waals surface area contributed by atoms with E-state index in [1.54, 1.807) is 37.3 Å². The first-order chi connectivity index (χ1) is 15.4. The van der Waals surface area contributed by atoms with E-state index in [-0.39, 0.29) is 23.9 Å². The summed E-state index contributed by atoms with van der Waals surface area (Å²) in [6.07, 6.45) is 1.81. The van der Waals surface area contributed by atoms with Gasteiger partial charge in [-0.25, -0.2) is 9.78 Å². The highest BCUT2D eigenvalue weighted by molar-refractivity contribution is 5.96. The van der Waals surface area contributed by atoms with Gasteiger partial charge < -0.3 is 19.1 Å². The van der Waals surface area contributed by atoms with Crippen molar-refractivity contribution in [2.45, 2.75) is 58.4 Å². The molecule has 33 heavy (non-hydrogen) atoms. The maximum absolute atomic E-state index is 12.8. The van der Waals surface area contributed by atoms with Gasteiger partial charge in [0.15, 0.2) is 0 Å². The molecule has 1 aliphatic rings. The van der Waals surface area contributed by atoms with Gasteiger partial charge in [-0.15, -0.1) is 0 Å². The van der Waals surface area contributed by atoms with E-state index in [4.69, 9.17) is 14.2 Å². The van der Waals surface area contributed by atoms with E-state index in [1.165, 1.54) is 4.90 Å². The summed E-state index contributed by atoms with van der Waals surface area (Å²) in [6.45, 7) is 9.71. The average Bonchev–Trinajstić information content (AvgIpc) is 3.02. The van der Waals surface area contributed by atoms with Crippen molar-refractivity contribution in [1.82, 2.24) is 14.8 Å². The Bertz CT molecular complexity index is 996. The predicted octanol–water partition coefficient (Wildman–Crippen LogP) is 4.49. The number of hydrogen-bond donors (Lipinski definition) is 0. The number of hydrogen-bond acceptors (Lipinski definition) is 6. The second kappa shape index (κ2) is 9.39. The summed E-state index contributed by atoms with van der Waals surface area (Å²) in [5.41, 5.74) is 0.0832. The number of pyridine rings is 1. The van der Waals surface area contributed by atoms with Crippen LogP contribution in [0.3, 0.4) is 0 Å². The molecule has 2 aromatic rings. The van der Waals surface area contributed by atoms with E-state index in [2.05, 4.69) is 4.98 Å². The summed E-state index contributed by atoms with van der Waals surface area (Å²) in [6, 6.07) is 10.8. The van der Waals surface area contributed by atoms with Crippen LogP contribution in [0.4, 0.5) is 4.79 Å². The minimum Gasteiger partial charge on any atom is -0.444 e. The third-order valence-electron chi connectivity index (χ3n) is 5.18. The molecule has 0 aliphatic carbocycles. The standard InChI is InChI=1S/C25H33N3O5/c1-24(2,3)33-23(30)28-18(16-31-25(28,4)5)15-17-10-12-19(13-11-17)32-21-20(9-8-14-26-21)22(29)27(6)7/h8-14,18H,15-16H2,1-7H3/t18-/m0/s1. The van der Waals surface area contributed by atoms with E-state index in [0.29, 0.717) is 24.3 Å². The second-order valence-electron chi connectivity index (χ2n) is 9.77. The van der Waals surface area contributed by atoms with Gasteiger partial charge in [0.1, 0.15) is 22.6 Å². The molecule has 0 spiro atoms. The molecule has 8 nitrogen and oxygen atoms in total. The van der Waals surface area contributed by atoms with Crippen LogP contribution in [0.25, 0.3) is 0 Å². The zero-order valence-electron chi connectivity index (χ0n) is 20.4. The van der Waals surface area contributed by atoms with Gasteiger partial charge in [-0.2, -0.15) is 0 Å². The molecule has 1 saturated heterocycles. The quantitative estimate of drug-likeness (QED) is 0.661. The number of nitrogens with zero attached hydrogens (tertiary/aromatic N) is 3. The molecule has 1 aliphatic heterocycles. The molecule has 2 amide bonds. The molecular formula is C25H33N3O5. The molecule has 1 aromatic carbocycles. The summed E-state index contributed by atoms with van der Waals surface area (Å²) >= 11 is 0. The monoisotopic (exact) mass is 455 g/mol. The molecule has 1 atom stereocenters. The van der Waals surface area contributed by atoms with E-state index < -0.39 is 11.3 Å². The average molecular weight is 456 g/mol. The highest BCUT2D eigenvalue weighted by Gasteiger charge is 2.45. The summed E-state index contributed by atoms with van der Waals surface area (Å²) in [5.74, 6) is 0.643. The fraction of sp³-hybridized carbons (Fsp3) is 0.480. The van der Waals surface area contributed by atoms with Gasteiger partial charge in [-0.05, 0) is 70.9 Å². The van der Waals surface area contributed by atoms with Gasteiger partial charge in [0.25, 0.3) is 5.91 Å². The first kappa shape index (κ1) is 24.5. The Morgan fingerprint density at radius 1 is 1.18 bits per heavy atom. The lowest BCUT2D eigenvalue weighted by molar-refractivity contribution is -0.0624. The molecule has 2 heterocycles. The van der Waals surface area contributed by atoms with Gasteiger partial charge in [0, 0.05) is 20.3 Å². The number of carbonyl (C=O) groups is 2. The van der Waals surface area contributed by atoms with Crippen molar-refractivity contribution >= 4 is 12.0 Å². The maximum atomic E-state index is 12.8. The van der Waals surface area contributed by atoms with Gasteiger partial charge in [-0.3, -0.25) is 9.69 Å². The Morgan fingerprint density at radius 2 is 1.85 bits per heavy atom. The van der Waals surface area contributed by atoms with Gasteiger partial charge in [-0.1, -0.05) is 12.1 Å². The molecule has 3 rings (SSSR count). The SMILES string of the molecule is CN(C)C(=O)c1cccnc1Oc1ccc(C[C@H]2COC(C)(C)N2C(=O)OC(C)(C)C)cc1. The van der Waals surface area contributed by atoms with Crippen molar-refractivity contribution < 1.29 is 23.8 Å². The van der Waals surface area contributed by atoms with Crippen molar-refractivity contribution in [3.8, 4) is 11.6 Å². The first-order valence-corrected chi connectivity index (χ1v) is 11.0. The zero-order chi connectivity index (χ0) is 24.4. The van der Waals surface area contributed by atoms with Crippen LogP contribution < -0.4 is 4.74 Å². The Morgan fingerprint density at radius 3 is 2.45 bits per heavy atom. The van der Waals surface area contributed by atoms with E-state index in [9.17, 15) is 9.59 Å². The lowest BCUT2D eigenvalue weighted by atomic mass is 10.0. The van der Waals surface area contributed by atoms with Crippen LogP contribution in [0, 0.1) is 0 Å². The van der Waals surface area contributed by atoms with Crippen LogP contribution in [0.15, 0.2) is 42.6 Å². The van der Waals surface area contributed by atoms with E-state index in [1.807, 2.05) is 58.9 Å². The lowest BCUT2D eigenvalue weighted by Crippen LogP contribution is -2.50. The molecule has 1 aromatic heterocycles. The van der Waals surface area contributed by atoms with Crippen LogP contribution >= 0.6 is 0 Å². The van der Waals surface area contributed by atoms with Gasteiger partial charge in [0.05, 0.1) is 12.6 Å². The van der Waals surface area contributed by atoms with Crippen molar-refractivity contribution in [2.24, 2.45) is 0 Å². The van der Waals surface area contributed by atoms with Crippen LogP contribution in [-0.4, -0.2) is 64.9 Å². The topological polar surface area (TPSA) is 81.2 Å². The largest absolute Gasteiger partial charge is 0.444 e. The van der Waals surface area contributed by atoms with Crippen molar-refractivity contribution in [2.75, 3.05) is 20.7 Å². The molecular weight excluding hydrogens is 422 g/mol. The van der Waals surface area contributed by atoms with Crippen molar-refractivity contribution in [1.29, 1.82) is 0 Å². The summed E-state index contributed by atoms with van der Waals surface area (Å²) < 4.78 is 17.4. The highest BCUT2D eigenvalue weighted by Crippen LogP contribution is 2.32. The Kier molecular flexibility index (Phi) is 6.97. The number of ether oxygens (including phenoxy) is 3. The van der Waals surface area contributed by atoms with Gasteiger partial charge in [0.2, 0.25) is 5.88 Å². The molecule has 0 radical (unpaired) electrons. The third kappa shape index (κ3) is 6.01. The number of aromatic nitrogens is 1. The predicted molar refractivity (Wildman–Crippen MR) is 124 cm³/mol. The van der Waals surface area contributed by atoms with Crippen LogP contribution in [0.5, 0.6) is 11.6 Å². The fourth-order valence-corrected chi connectivity index (χ4v) is 3.67. The summed E-state index contributed by atoms with van der Waals surface area (Å²) in [5, 5.41) is 0. The minimum atomic E-state index is -0.746. The summed E-state index contributed by atoms with van der Waals surface area (Å²) in [4.78, 5) is 32.6. The van der Waals surface area contributed by atoms with Crippen LogP contribution in [-0.2, 0) is 15.9 Å². The molecule has 8 heteroatoms. The normalized spacial score (nSPS) is 17.5. The van der Waals surface area contributed by atoms with Crippen LogP contribution in [0.1, 0.15) is 50.5 Å². The molecule has 0 unspecified atom stereocenters. The Balaban J connectivity index is 1.72. The van der Waals surface area contributed by atoms with Gasteiger partial charge >= 0.3 is 6.09 Å². The summed E-state index contributed by atoms with van der Waals surface area (Å²) in [7, 11) is 3.37. The molecule has 0 N–H and O–H groups in total. The Hall–Kier alpha value is -3.13. The zero-order valence-corrected chi connectivity index (χ0v) is 20.4. The first-order valence-electron chi connectivity index (χ1n) is 11.0. The molecule has 0 saturated carbocycles. The highest BCUT2D eigenvalue weighted by atomic mass is 16.6. The van der Waals surface area contributed by atoms with E-state index >= 15 is 0 Å². The number of rotatable bonds is 5. The smallest absolute Gasteiger partial charge is 0.412 e. The minimum absolute atomic E-state index is 0.151. The molecule has 0 bridgehead atoms. The Labute approximate surface area is 195 Å². The molecule has 1 fully saturated rings. The lowest BCUT2D eigenvalue weighted by Gasteiger charge is -2.35. The number of carbonyl (C=O) groups excluding carboxylic acids is 2. The number of amides is 2. The third-order valence-corrected chi connectivity index (χ3v) is 5.18. The van der Waals surface area contributed by atoms with E-state index in [0.717, 1.165) is 5.56 Å². The van der Waals surface area contributed by atoms with Crippen molar-refractivity contribution in [3.05, 3.63) is 53.7 Å². The fourth-order valence-electron chi connectivity index (χ4n) is 3.67.